The number of aliphatic hydroxyl groups is 1. The van der Waals surface area contributed by atoms with E-state index in [0.29, 0.717) is 19.3 Å². The number of esters is 3. The van der Waals surface area contributed by atoms with Crippen molar-refractivity contribution in [3.8, 4) is 0 Å². The molecule has 0 aliphatic carbocycles. The standard InChI is InChI=1S/C60H95O11P/c1-4-7-10-13-16-19-22-25-27-28-30-32-34-37-40-43-46-49-58(62)67-53-57(71-60(64)51-48-45-42-39-36-33-29-26-23-20-17-14-11-8-5-2)55-69-72(65,66)68-54-56(52-61)70-59(63)50-47-44-41-38-35-31-24-21-18-15-12-9-6-3/h7-12,16-21,25-27,29,31,35-36,39,45,48,56-57,61H,4-6,13-15,22-24,28,30,32-34,37-38,40-44,46-47,49-55H2,1-3H3,(H,65,66)/b10-7-,11-8-,12-9-,19-16-,20-17-,21-18-,27-25-,29-26-,35-31-,39-36-,48-45-. The number of ether oxygens (including phenoxy) is 3. The van der Waals surface area contributed by atoms with Crippen LogP contribution in [-0.2, 0) is 42.2 Å². The quantitative estimate of drug-likeness (QED) is 0.0197. The van der Waals surface area contributed by atoms with Gasteiger partial charge in [0.05, 0.1) is 26.2 Å². The molecule has 406 valence electrons. The lowest BCUT2D eigenvalue weighted by molar-refractivity contribution is -0.160. The zero-order chi connectivity index (χ0) is 52.7. The zero-order valence-electron chi connectivity index (χ0n) is 44.6. The van der Waals surface area contributed by atoms with Gasteiger partial charge < -0.3 is 24.2 Å². The summed E-state index contributed by atoms with van der Waals surface area (Å²) in [5, 5.41) is 9.78. The van der Waals surface area contributed by atoms with Crippen LogP contribution in [0.1, 0.15) is 188 Å². The Labute approximate surface area is 436 Å². The van der Waals surface area contributed by atoms with Gasteiger partial charge in [0, 0.05) is 12.8 Å². The summed E-state index contributed by atoms with van der Waals surface area (Å²) in [5.41, 5.74) is 0. The summed E-state index contributed by atoms with van der Waals surface area (Å²) in [4.78, 5) is 48.4. The first-order chi connectivity index (χ1) is 35.2. The molecule has 0 saturated heterocycles. The van der Waals surface area contributed by atoms with Crippen LogP contribution < -0.4 is 0 Å². The molecule has 0 aliphatic rings. The SMILES string of the molecule is CC/C=C\C/C=C\C/C=C\C/C=C\C/C=C\CC(=O)OC(COC(=O)CCCCCCCCC/C=C\C/C=C\C/C=C\CC)COP(=O)(O)OCC(CO)OC(=O)CCCCC/C=C\C/C=C\C/C=C\CC. The summed E-state index contributed by atoms with van der Waals surface area (Å²) in [7, 11) is -4.79. The number of rotatable bonds is 48. The summed E-state index contributed by atoms with van der Waals surface area (Å²) in [5.74, 6) is -1.68. The van der Waals surface area contributed by atoms with E-state index in [1.165, 1.54) is 6.42 Å². The topological polar surface area (TPSA) is 155 Å². The van der Waals surface area contributed by atoms with Gasteiger partial charge in [0.15, 0.2) is 6.10 Å². The number of phosphoric acid groups is 1. The Morgan fingerprint density at radius 2 is 0.736 bits per heavy atom. The highest BCUT2D eigenvalue weighted by Gasteiger charge is 2.28. The van der Waals surface area contributed by atoms with Crippen LogP contribution in [0.25, 0.3) is 0 Å². The molecule has 72 heavy (non-hydrogen) atoms. The highest BCUT2D eigenvalue weighted by Crippen LogP contribution is 2.43. The number of carbonyl (C=O) groups is 3. The number of phosphoric ester groups is 1. The Morgan fingerprint density at radius 3 is 1.17 bits per heavy atom. The van der Waals surface area contributed by atoms with Gasteiger partial charge in [0.25, 0.3) is 0 Å². The molecule has 0 aromatic rings. The molecule has 0 spiro atoms. The van der Waals surface area contributed by atoms with Gasteiger partial charge in [-0.1, -0.05) is 193 Å². The first-order valence-electron chi connectivity index (χ1n) is 27.1. The van der Waals surface area contributed by atoms with Crippen LogP contribution in [0.4, 0.5) is 0 Å². The minimum absolute atomic E-state index is 0.0764. The molecule has 3 unspecified atom stereocenters. The third-order valence-corrected chi connectivity index (χ3v) is 11.5. The fourth-order valence-electron chi connectivity index (χ4n) is 6.58. The molecular formula is C60H95O11P. The number of carbonyl (C=O) groups excluding carboxylic acids is 3. The largest absolute Gasteiger partial charge is 0.472 e. The summed E-state index contributed by atoms with van der Waals surface area (Å²) in [6, 6.07) is 0. The number of hydrogen-bond donors (Lipinski definition) is 2. The lowest BCUT2D eigenvalue weighted by Gasteiger charge is -2.21. The van der Waals surface area contributed by atoms with Gasteiger partial charge in [-0.3, -0.25) is 23.4 Å². The van der Waals surface area contributed by atoms with E-state index in [1.54, 1.807) is 6.08 Å². The van der Waals surface area contributed by atoms with Gasteiger partial charge in [-0.25, -0.2) is 4.57 Å². The number of allylic oxidation sites excluding steroid dienone is 21. The first kappa shape index (κ1) is 67.6. The molecule has 0 bridgehead atoms. The van der Waals surface area contributed by atoms with E-state index in [1.807, 2.05) is 18.2 Å². The van der Waals surface area contributed by atoms with Gasteiger partial charge in [0.1, 0.15) is 12.7 Å². The smallest absolute Gasteiger partial charge is 0.462 e. The molecule has 0 aromatic carbocycles. The number of hydrogen-bond acceptors (Lipinski definition) is 10. The predicted molar refractivity (Wildman–Crippen MR) is 297 cm³/mol. The van der Waals surface area contributed by atoms with E-state index in [4.69, 9.17) is 23.3 Å². The Kier molecular flexibility index (Phi) is 49.7. The molecule has 2 N–H and O–H groups in total. The van der Waals surface area contributed by atoms with Crippen molar-refractivity contribution in [3.05, 3.63) is 134 Å². The minimum atomic E-state index is -4.79. The van der Waals surface area contributed by atoms with Gasteiger partial charge >= 0.3 is 25.7 Å². The van der Waals surface area contributed by atoms with Gasteiger partial charge in [-0.05, 0) is 109 Å². The van der Waals surface area contributed by atoms with E-state index < -0.39 is 57.8 Å². The second-order valence-electron chi connectivity index (χ2n) is 17.3. The Balaban J connectivity index is 4.90. The molecule has 0 radical (unpaired) electrons. The van der Waals surface area contributed by atoms with Crippen molar-refractivity contribution in [3.63, 3.8) is 0 Å². The van der Waals surface area contributed by atoms with Crippen LogP contribution in [0, 0.1) is 0 Å². The van der Waals surface area contributed by atoms with E-state index in [-0.39, 0.29) is 25.9 Å². The molecule has 0 amide bonds. The molecule has 12 heteroatoms. The third kappa shape index (κ3) is 50.6. The molecule has 0 aromatic heterocycles. The van der Waals surface area contributed by atoms with E-state index in [0.717, 1.165) is 122 Å². The average Bonchev–Trinajstić information content (AvgIpc) is 3.37. The van der Waals surface area contributed by atoms with Crippen molar-refractivity contribution >= 4 is 25.7 Å². The lowest BCUT2D eigenvalue weighted by Crippen LogP contribution is -2.30. The highest BCUT2D eigenvalue weighted by atomic mass is 31.2. The molecule has 11 nitrogen and oxygen atoms in total. The van der Waals surface area contributed by atoms with Crippen LogP contribution in [0.3, 0.4) is 0 Å². The predicted octanol–water partition coefficient (Wildman–Crippen LogP) is 15.8. The summed E-state index contributed by atoms with van der Waals surface area (Å²) in [6.45, 7) is 4.11. The monoisotopic (exact) mass is 1020 g/mol. The van der Waals surface area contributed by atoms with Gasteiger partial charge in [0.2, 0.25) is 0 Å². The molecule has 0 saturated carbocycles. The summed E-state index contributed by atoms with van der Waals surface area (Å²) in [6.07, 6.45) is 65.9. The van der Waals surface area contributed by atoms with Crippen molar-refractivity contribution in [1.82, 2.24) is 0 Å². The van der Waals surface area contributed by atoms with Crippen molar-refractivity contribution in [2.45, 2.75) is 200 Å². The maximum atomic E-state index is 12.9. The molecule has 0 heterocycles. The normalized spacial score (nSPS) is 14.5. The minimum Gasteiger partial charge on any atom is -0.462 e. The lowest BCUT2D eigenvalue weighted by atomic mass is 10.1. The molecule has 0 fully saturated rings. The van der Waals surface area contributed by atoms with E-state index in [2.05, 4.69) is 130 Å². The third-order valence-electron chi connectivity index (χ3n) is 10.6. The van der Waals surface area contributed by atoms with E-state index in [9.17, 15) is 28.9 Å². The summed E-state index contributed by atoms with van der Waals surface area (Å²) < 4.78 is 39.3. The molecule has 3 atom stereocenters. The maximum absolute atomic E-state index is 12.9. The number of aliphatic hydroxyl groups excluding tert-OH is 1. The van der Waals surface area contributed by atoms with Gasteiger partial charge in [-0.2, -0.15) is 0 Å². The zero-order valence-corrected chi connectivity index (χ0v) is 45.5. The maximum Gasteiger partial charge on any atom is 0.472 e. The van der Waals surface area contributed by atoms with Crippen LogP contribution in [0.15, 0.2) is 134 Å². The van der Waals surface area contributed by atoms with E-state index >= 15 is 0 Å². The van der Waals surface area contributed by atoms with Crippen molar-refractivity contribution in [2.75, 3.05) is 26.4 Å². The number of unbranched alkanes of at least 4 members (excludes halogenated alkanes) is 10. The fourth-order valence-corrected chi connectivity index (χ4v) is 7.36. The first-order valence-corrected chi connectivity index (χ1v) is 28.6. The van der Waals surface area contributed by atoms with Crippen LogP contribution >= 0.6 is 7.82 Å². The Morgan fingerprint density at radius 1 is 0.403 bits per heavy atom. The Hall–Kier alpha value is -4.38. The van der Waals surface area contributed by atoms with Crippen LogP contribution in [-0.4, -0.2) is 66.5 Å². The second kappa shape index (κ2) is 52.9. The van der Waals surface area contributed by atoms with Crippen LogP contribution in [0.5, 0.6) is 0 Å². The average molecular weight is 1020 g/mol. The van der Waals surface area contributed by atoms with Crippen molar-refractivity contribution < 1.29 is 52.2 Å². The highest BCUT2D eigenvalue weighted by molar-refractivity contribution is 7.47. The second-order valence-corrected chi connectivity index (χ2v) is 18.7. The van der Waals surface area contributed by atoms with Gasteiger partial charge in [-0.15, -0.1) is 0 Å². The fraction of sp³-hybridized carbons (Fsp3) is 0.583. The van der Waals surface area contributed by atoms with Crippen molar-refractivity contribution in [1.29, 1.82) is 0 Å². The van der Waals surface area contributed by atoms with Crippen molar-refractivity contribution in [2.24, 2.45) is 0 Å². The van der Waals surface area contributed by atoms with Crippen LogP contribution in [0.2, 0.25) is 0 Å². The molecular weight excluding hydrogens is 928 g/mol. The molecule has 0 rings (SSSR count). The Bertz CT molecular complexity index is 1710. The molecule has 0 aliphatic heterocycles. The summed E-state index contributed by atoms with van der Waals surface area (Å²) >= 11 is 0.